The molecular formula is C14H22N4O3S. The molecule has 7 nitrogen and oxygen atoms in total. The third kappa shape index (κ3) is 3.95. The predicted molar refractivity (Wildman–Crippen MR) is 84.0 cm³/mol. The third-order valence-corrected chi connectivity index (χ3v) is 4.62. The number of carbonyl (C=O) groups excluding carboxylic acids is 1. The summed E-state index contributed by atoms with van der Waals surface area (Å²) < 4.78 is 11.3. The number of aromatic nitrogens is 1. The van der Waals surface area contributed by atoms with E-state index in [0.29, 0.717) is 30.5 Å². The average Bonchev–Trinajstić information content (AvgIpc) is 2.83. The summed E-state index contributed by atoms with van der Waals surface area (Å²) in [7, 11) is 0. The molecule has 0 saturated carbocycles. The van der Waals surface area contributed by atoms with Crippen LogP contribution in [0.15, 0.2) is 5.38 Å². The Morgan fingerprint density at radius 2 is 2.18 bits per heavy atom. The van der Waals surface area contributed by atoms with E-state index in [9.17, 15) is 4.79 Å². The van der Waals surface area contributed by atoms with Gasteiger partial charge in [-0.05, 0) is 6.42 Å². The smallest absolute Gasteiger partial charge is 0.273 e. The van der Waals surface area contributed by atoms with E-state index < -0.39 is 0 Å². The van der Waals surface area contributed by atoms with Gasteiger partial charge in [0.1, 0.15) is 5.69 Å². The van der Waals surface area contributed by atoms with Crippen LogP contribution in [0.1, 0.15) is 16.9 Å². The van der Waals surface area contributed by atoms with E-state index in [2.05, 4.69) is 9.88 Å². The molecule has 1 atom stereocenters. The number of ether oxygens (including phenoxy) is 2. The molecule has 1 aromatic heterocycles. The molecule has 1 amide bonds. The van der Waals surface area contributed by atoms with Crippen LogP contribution in [0.2, 0.25) is 0 Å². The van der Waals surface area contributed by atoms with Crippen LogP contribution in [0, 0.1) is 0 Å². The lowest BCUT2D eigenvalue weighted by Crippen LogP contribution is -2.45. The Morgan fingerprint density at radius 1 is 1.36 bits per heavy atom. The molecule has 122 valence electrons. The number of carbonyl (C=O) groups is 1. The third-order valence-electron chi connectivity index (χ3n) is 3.94. The van der Waals surface area contributed by atoms with Gasteiger partial charge in [0.2, 0.25) is 0 Å². The number of thiazole rings is 1. The van der Waals surface area contributed by atoms with Crippen LogP contribution in [0.5, 0.6) is 0 Å². The van der Waals surface area contributed by atoms with E-state index in [1.54, 1.807) is 5.38 Å². The van der Waals surface area contributed by atoms with Crippen LogP contribution in [0.4, 0.5) is 5.13 Å². The summed E-state index contributed by atoms with van der Waals surface area (Å²) in [6, 6.07) is 0. The van der Waals surface area contributed by atoms with Gasteiger partial charge in [0.25, 0.3) is 5.91 Å². The number of hydrogen-bond acceptors (Lipinski definition) is 7. The molecule has 3 rings (SSSR count). The first-order valence-electron chi connectivity index (χ1n) is 7.64. The van der Waals surface area contributed by atoms with Gasteiger partial charge in [-0.25, -0.2) is 4.98 Å². The van der Waals surface area contributed by atoms with Gasteiger partial charge in [-0.1, -0.05) is 0 Å². The van der Waals surface area contributed by atoms with Crippen LogP contribution < -0.4 is 5.73 Å². The first kappa shape index (κ1) is 15.7. The Labute approximate surface area is 134 Å². The number of anilines is 1. The van der Waals surface area contributed by atoms with E-state index in [4.69, 9.17) is 15.2 Å². The van der Waals surface area contributed by atoms with Gasteiger partial charge in [-0.2, -0.15) is 0 Å². The average molecular weight is 326 g/mol. The molecule has 0 unspecified atom stereocenters. The SMILES string of the molecule is Nc1nc(C(=O)N2CCCO[C@H](CN3CCOCC3)C2)cs1. The normalized spacial score (nSPS) is 24.2. The zero-order valence-corrected chi connectivity index (χ0v) is 13.4. The molecule has 2 aliphatic heterocycles. The Kier molecular flexibility index (Phi) is 5.24. The van der Waals surface area contributed by atoms with Gasteiger partial charge in [0.15, 0.2) is 5.13 Å². The van der Waals surface area contributed by atoms with E-state index in [1.165, 1.54) is 11.3 Å². The molecule has 8 heteroatoms. The largest absolute Gasteiger partial charge is 0.379 e. The summed E-state index contributed by atoms with van der Waals surface area (Å²) in [5, 5.41) is 2.15. The molecule has 2 fully saturated rings. The number of nitrogen functional groups attached to an aromatic ring is 1. The van der Waals surface area contributed by atoms with Gasteiger partial charge in [0.05, 0.1) is 19.3 Å². The molecule has 2 aliphatic rings. The minimum Gasteiger partial charge on any atom is -0.379 e. The minimum absolute atomic E-state index is 0.0422. The second kappa shape index (κ2) is 7.36. The second-order valence-corrected chi connectivity index (χ2v) is 6.47. The standard InChI is InChI=1S/C14H22N4O3S/c15-14-16-12(10-22-14)13(19)18-2-1-5-21-11(9-18)8-17-3-6-20-7-4-17/h10-11H,1-9H2,(H2,15,16)/t11-/m1/s1. The molecule has 2 N–H and O–H groups in total. The van der Waals surface area contributed by atoms with Gasteiger partial charge >= 0.3 is 0 Å². The predicted octanol–water partition coefficient (Wildman–Crippen LogP) is 0.289. The van der Waals surface area contributed by atoms with Crippen LogP contribution in [-0.2, 0) is 9.47 Å². The Hall–Kier alpha value is -1.22. The van der Waals surface area contributed by atoms with Crippen molar-refractivity contribution in [3.63, 3.8) is 0 Å². The molecule has 0 aliphatic carbocycles. The lowest BCUT2D eigenvalue weighted by atomic mass is 10.2. The fourth-order valence-corrected chi connectivity index (χ4v) is 3.35. The Bertz CT molecular complexity index is 504. The topological polar surface area (TPSA) is 80.9 Å². The highest BCUT2D eigenvalue weighted by Gasteiger charge is 2.26. The van der Waals surface area contributed by atoms with Gasteiger partial charge in [0, 0.05) is 44.7 Å². The van der Waals surface area contributed by atoms with Crippen molar-refractivity contribution < 1.29 is 14.3 Å². The summed E-state index contributed by atoms with van der Waals surface area (Å²) >= 11 is 1.30. The molecule has 2 saturated heterocycles. The van der Waals surface area contributed by atoms with Crippen LogP contribution in [-0.4, -0.2) is 79.3 Å². The lowest BCUT2D eigenvalue weighted by Gasteiger charge is -2.31. The first-order valence-corrected chi connectivity index (χ1v) is 8.52. The maximum Gasteiger partial charge on any atom is 0.273 e. The quantitative estimate of drug-likeness (QED) is 0.860. The first-order chi connectivity index (χ1) is 10.7. The monoisotopic (exact) mass is 326 g/mol. The Morgan fingerprint density at radius 3 is 2.91 bits per heavy atom. The fourth-order valence-electron chi connectivity index (χ4n) is 2.81. The van der Waals surface area contributed by atoms with Crippen molar-refractivity contribution in [1.29, 1.82) is 0 Å². The zero-order chi connectivity index (χ0) is 15.4. The molecule has 0 spiro atoms. The van der Waals surface area contributed by atoms with E-state index >= 15 is 0 Å². The fraction of sp³-hybridized carbons (Fsp3) is 0.714. The van der Waals surface area contributed by atoms with Crippen molar-refractivity contribution in [2.24, 2.45) is 0 Å². The minimum atomic E-state index is -0.0505. The van der Waals surface area contributed by atoms with Crippen molar-refractivity contribution in [1.82, 2.24) is 14.8 Å². The van der Waals surface area contributed by atoms with Crippen molar-refractivity contribution in [3.05, 3.63) is 11.1 Å². The highest BCUT2D eigenvalue weighted by atomic mass is 32.1. The van der Waals surface area contributed by atoms with Crippen molar-refractivity contribution in [3.8, 4) is 0 Å². The summed E-state index contributed by atoms with van der Waals surface area (Å²) in [4.78, 5) is 20.8. The summed E-state index contributed by atoms with van der Waals surface area (Å²) in [6.45, 7) is 6.24. The lowest BCUT2D eigenvalue weighted by molar-refractivity contribution is -0.0112. The molecule has 0 bridgehead atoms. The zero-order valence-electron chi connectivity index (χ0n) is 12.6. The highest BCUT2D eigenvalue weighted by Crippen LogP contribution is 2.16. The molecule has 0 aromatic carbocycles. The molecule has 22 heavy (non-hydrogen) atoms. The van der Waals surface area contributed by atoms with Crippen LogP contribution in [0.3, 0.4) is 0 Å². The number of rotatable bonds is 3. The van der Waals surface area contributed by atoms with Gasteiger partial charge < -0.3 is 20.1 Å². The maximum atomic E-state index is 12.5. The van der Waals surface area contributed by atoms with Crippen LogP contribution >= 0.6 is 11.3 Å². The van der Waals surface area contributed by atoms with Crippen molar-refractivity contribution in [2.75, 3.05) is 58.3 Å². The summed E-state index contributed by atoms with van der Waals surface area (Å²) in [5.41, 5.74) is 6.06. The number of hydrogen-bond donors (Lipinski definition) is 1. The number of morpholine rings is 1. The number of amides is 1. The molecule has 1 aromatic rings. The molecule has 0 radical (unpaired) electrons. The second-order valence-electron chi connectivity index (χ2n) is 5.58. The molecule has 3 heterocycles. The Balaban J connectivity index is 1.60. The van der Waals surface area contributed by atoms with Crippen molar-refractivity contribution in [2.45, 2.75) is 12.5 Å². The van der Waals surface area contributed by atoms with E-state index in [1.807, 2.05) is 4.90 Å². The van der Waals surface area contributed by atoms with E-state index in [0.717, 1.165) is 39.3 Å². The van der Waals surface area contributed by atoms with Crippen LogP contribution in [0.25, 0.3) is 0 Å². The molecular weight excluding hydrogens is 304 g/mol. The number of nitrogens with zero attached hydrogens (tertiary/aromatic N) is 3. The number of nitrogens with two attached hydrogens (primary N) is 1. The maximum absolute atomic E-state index is 12.5. The summed E-state index contributed by atoms with van der Waals surface area (Å²) in [6.07, 6.45) is 0.894. The van der Waals surface area contributed by atoms with Gasteiger partial charge in [-0.3, -0.25) is 9.69 Å². The van der Waals surface area contributed by atoms with Crippen molar-refractivity contribution >= 4 is 22.4 Å². The van der Waals surface area contributed by atoms with Gasteiger partial charge in [-0.15, -0.1) is 11.3 Å². The summed E-state index contributed by atoms with van der Waals surface area (Å²) in [5.74, 6) is -0.0505. The van der Waals surface area contributed by atoms with E-state index in [-0.39, 0.29) is 12.0 Å². The highest BCUT2D eigenvalue weighted by molar-refractivity contribution is 7.13.